The Labute approximate surface area is 126 Å². The number of aryl methyl sites for hydroxylation is 1. The van der Waals surface area contributed by atoms with Crippen molar-refractivity contribution < 1.29 is 9.90 Å². The van der Waals surface area contributed by atoms with E-state index in [0.717, 1.165) is 18.5 Å². The van der Waals surface area contributed by atoms with Crippen LogP contribution in [-0.4, -0.2) is 28.6 Å². The molecule has 0 radical (unpaired) electrons. The SMILES string of the molecule is O=C(CCCc1ccccn1)NC1C2CCC(C2)C1CO. The van der Waals surface area contributed by atoms with Gasteiger partial charge in [-0.25, -0.2) is 0 Å². The average molecular weight is 288 g/mol. The molecule has 2 aliphatic carbocycles. The molecule has 3 rings (SSSR count). The zero-order chi connectivity index (χ0) is 14.7. The molecule has 1 heterocycles. The molecule has 2 fully saturated rings. The van der Waals surface area contributed by atoms with Crippen LogP contribution in [0.2, 0.25) is 0 Å². The van der Waals surface area contributed by atoms with E-state index in [1.54, 1.807) is 6.20 Å². The molecule has 2 bridgehead atoms. The summed E-state index contributed by atoms with van der Waals surface area (Å²) in [7, 11) is 0. The largest absolute Gasteiger partial charge is 0.396 e. The van der Waals surface area contributed by atoms with Crippen LogP contribution in [0.5, 0.6) is 0 Å². The fourth-order valence-corrected chi connectivity index (χ4v) is 4.13. The van der Waals surface area contributed by atoms with E-state index in [-0.39, 0.29) is 24.5 Å². The van der Waals surface area contributed by atoms with Gasteiger partial charge >= 0.3 is 0 Å². The highest BCUT2D eigenvalue weighted by Gasteiger charge is 2.47. The summed E-state index contributed by atoms with van der Waals surface area (Å²) in [5.74, 6) is 1.62. The fraction of sp³-hybridized carbons (Fsp3) is 0.647. The van der Waals surface area contributed by atoms with Crippen LogP contribution in [0.4, 0.5) is 0 Å². The van der Waals surface area contributed by atoms with Gasteiger partial charge in [0.1, 0.15) is 0 Å². The van der Waals surface area contributed by atoms with Crippen LogP contribution in [0.25, 0.3) is 0 Å². The Bertz CT molecular complexity index is 477. The Hall–Kier alpha value is -1.42. The van der Waals surface area contributed by atoms with Gasteiger partial charge in [0, 0.05) is 36.9 Å². The summed E-state index contributed by atoms with van der Waals surface area (Å²) in [6.07, 6.45) is 7.62. The molecule has 114 valence electrons. The van der Waals surface area contributed by atoms with Gasteiger partial charge in [-0.2, -0.15) is 0 Å². The van der Waals surface area contributed by atoms with Crippen molar-refractivity contribution in [2.75, 3.05) is 6.61 Å². The first-order valence-corrected chi connectivity index (χ1v) is 8.08. The van der Waals surface area contributed by atoms with E-state index in [2.05, 4.69) is 10.3 Å². The van der Waals surface area contributed by atoms with Crippen LogP contribution in [0, 0.1) is 17.8 Å². The van der Waals surface area contributed by atoms with Crippen LogP contribution in [-0.2, 0) is 11.2 Å². The van der Waals surface area contributed by atoms with Crippen molar-refractivity contribution >= 4 is 5.91 Å². The molecule has 2 aliphatic rings. The van der Waals surface area contributed by atoms with Gasteiger partial charge in [0.15, 0.2) is 0 Å². The van der Waals surface area contributed by atoms with Gasteiger partial charge in [-0.15, -0.1) is 0 Å². The molecule has 0 saturated heterocycles. The molecule has 4 atom stereocenters. The van der Waals surface area contributed by atoms with Gasteiger partial charge < -0.3 is 10.4 Å². The van der Waals surface area contributed by atoms with Crippen molar-refractivity contribution in [3.05, 3.63) is 30.1 Å². The van der Waals surface area contributed by atoms with E-state index in [1.807, 2.05) is 18.2 Å². The van der Waals surface area contributed by atoms with E-state index >= 15 is 0 Å². The molecule has 1 aromatic heterocycles. The third-order valence-corrected chi connectivity index (χ3v) is 5.19. The van der Waals surface area contributed by atoms with Crippen molar-refractivity contribution in [3.63, 3.8) is 0 Å². The van der Waals surface area contributed by atoms with Crippen LogP contribution in [0.15, 0.2) is 24.4 Å². The molecule has 21 heavy (non-hydrogen) atoms. The predicted molar refractivity (Wildman–Crippen MR) is 80.5 cm³/mol. The summed E-state index contributed by atoms with van der Waals surface area (Å²) in [6, 6.07) is 6.08. The molecular weight excluding hydrogens is 264 g/mol. The third-order valence-electron chi connectivity index (χ3n) is 5.19. The molecule has 4 nitrogen and oxygen atoms in total. The molecule has 0 aliphatic heterocycles. The van der Waals surface area contributed by atoms with Crippen LogP contribution in [0.3, 0.4) is 0 Å². The lowest BCUT2D eigenvalue weighted by Crippen LogP contribution is -2.45. The van der Waals surface area contributed by atoms with Crippen LogP contribution < -0.4 is 5.32 Å². The normalized spacial score (nSPS) is 30.5. The Morgan fingerprint density at radius 2 is 2.19 bits per heavy atom. The summed E-state index contributed by atoms with van der Waals surface area (Å²) in [4.78, 5) is 16.4. The minimum atomic E-state index is 0.127. The number of fused-ring (bicyclic) bond motifs is 2. The highest BCUT2D eigenvalue weighted by atomic mass is 16.3. The zero-order valence-electron chi connectivity index (χ0n) is 12.4. The second kappa shape index (κ2) is 6.56. The van der Waals surface area contributed by atoms with Gasteiger partial charge in [-0.3, -0.25) is 9.78 Å². The van der Waals surface area contributed by atoms with E-state index in [9.17, 15) is 9.90 Å². The number of nitrogens with one attached hydrogen (secondary N) is 1. The van der Waals surface area contributed by atoms with Gasteiger partial charge in [0.25, 0.3) is 0 Å². The maximum absolute atomic E-state index is 12.1. The number of hydrogen-bond donors (Lipinski definition) is 2. The maximum atomic E-state index is 12.1. The van der Waals surface area contributed by atoms with E-state index in [0.29, 0.717) is 18.3 Å². The molecular formula is C17H24N2O2. The Kier molecular flexibility index (Phi) is 4.54. The fourth-order valence-electron chi connectivity index (χ4n) is 4.13. The minimum absolute atomic E-state index is 0.127. The van der Waals surface area contributed by atoms with Crippen LogP contribution in [0.1, 0.15) is 37.8 Å². The number of aliphatic hydroxyl groups excluding tert-OH is 1. The number of amides is 1. The number of rotatable bonds is 6. The maximum Gasteiger partial charge on any atom is 0.220 e. The van der Waals surface area contributed by atoms with Crippen molar-refractivity contribution in [3.8, 4) is 0 Å². The monoisotopic (exact) mass is 288 g/mol. The molecule has 4 heteroatoms. The highest BCUT2D eigenvalue weighted by molar-refractivity contribution is 5.76. The number of nitrogens with zero attached hydrogens (tertiary/aromatic N) is 1. The van der Waals surface area contributed by atoms with Crippen molar-refractivity contribution in [1.29, 1.82) is 0 Å². The second-order valence-corrected chi connectivity index (χ2v) is 6.45. The molecule has 2 saturated carbocycles. The molecule has 1 amide bonds. The lowest BCUT2D eigenvalue weighted by molar-refractivity contribution is -0.122. The predicted octanol–water partition coefficient (Wildman–Crippen LogP) is 1.93. The van der Waals surface area contributed by atoms with Gasteiger partial charge in [-0.1, -0.05) is 6.07 Å². The molecule has 0 spiro atoms. The number of carbonyl (C=O) groups is 1. The van der Waals surface area contributed by atoms with Crippen LogP contribution >= 0.6 is 0 Å². The number of pyridine rings is 1. The zero-order valence-corrected chi connectivity index (χ0v) is 12.4. The van der Waals surface area contributed by atoms with Crippen molar-refractivity contribution in [1.82, 2.24) is 10.3 Å². The Morgan fingerprint density at radius 3 is 2.95 bits per heavy atom. The molecule has 2 N–H and O–H groups in total. The van der Waals surface area contributed by atoms with Crippen molar-refractivity contribution in [2.24, 2.45) is 17.8 Å². The van der Waals surface area contributed by atoms with Gasteiger partial charge in [0.2, 0.25) is 5.91 Å². The standard InChI is InChI=1S/C17H24N2O2/c20-11-15-12-7-8-13(10-12)17(15)19-16(21)6-3-5-14-4-1-2-9-18-14/h1-2,4,9,12-13,15,17,20H,3,5-8,10-11H2,(H,19,21). The van der Waals surface area contributed by atoms with E-state index in [4.69, 9.17) is 0 Å². The number of hydrogen-bond acceptors (Lipinski definition) is 3. The lowest BCUT2D eigenvalue weighted by Gasteiger charge is -2.30. The number of carbonyl (C=O) groups excluding carboxylic acids is 1. The van der Waals surface area contributed by atoms with E-state index < -0.39 is 0 Å². The number of aromatic nitrogens is 1. The summed E-state index contributed by atoms with van der Waals surface area (Å²) in [5.41, 5.74) is 1.04. The van der Waals surface area contributed by atoms with E-state index in [1.165, 1.54) is 19.3 Å². The lowest BCUT2D eigenvalue weighted by atomic mass is 9.85. The van der Waals surface area contributed by atoms with Gasteiger partial charge in [0.05, 0.1) is 0 Å². The summed E-state index contributed by atoms with van der Waals surface area (Å²) < 4.78 is 0. The topological polar surface area (TPSA) is 62.2 Å². The smallest absolute Gasteiger partial charge is 0.220 e. The summed E-state index contributed by atoms with van der Waals surface area (Å²) in [6.45, 7) is 0.208. The number of aliphatic hydroxyl groups is 1. The third kappa shape index (κ3) is 3.26. The van der Waals surface area contributed by atoms with Gasteiger partial charge in [-0.05, 0) is 56.1 Å². The van der Waals surface area contributed by atoms with Crippen molar-refractivity contribution in [2.45, 2.75) is 44.6 Å². The highest BCUT2D eigenvalue weighted by Crippen LogP contribution is 2.48. The summed E-state index contributed by atoms with van der Waals surface area (Å²) >= 11 is 0. The molecule has 0 aromatic carbocycles. The second-order valence-electron chi connectivity index (χ2n) is 6.45. The average Bonchev–Trinajstić information content (AvgIpc) is 3.09. The molecule has 4 unspecified atom stereocenters. The first-order chi connectivity index (χ1) is 10.3. The Balaban J connectivity index is 1.44. The quantitative estimate of drug-likeness (QED) is 0.841. The first-order valence-electron chi connectivity index (χ1n) is 8.08. The molecule has 1 aromatic rings. The minimum Gasteiger partial charge on any atom is -0.396 e. The Morgan fingerprint density at radius 1 is 1.33 bits per heavy atom. The first kappa shape index (κ1) is 14.5. The summed E-state index contributed by atoms with van der Waals surface area (Å²) in [5, 5.41) is 12.7.